The molecule has 2 aliphatic heterocycles. The van der Waals surface area contributed by atoms with Gasteiger partial charge in [0.1, 0.15) is 17.7 Å². The third-order valence-electron chi connectivity index (χ3n) is 13.1. The first-order chi connectivity index (χ1) is 30.7. The Morgan fingerprint density at radius 1 is 0.697 bits per heavy atom. The summed E-state index contributed by atoms with van der Waals surface area (Å²) in [5.41, 5.74) is 2.17. The number of hydrogen-bond acceptors (Lipinski definition) is 9. The Morgan fingerprint density at radius 2 is 1.09 bits per heavy atom. The second-order valence-corrected chi connectivity index (χ2v) is 24.5. The van der Waals surface area contributed by atoms with Crippen LogP contribution in [0.2, 0.25) is 0 Å². The molecule has 4 fully saturated rings. The summed E-state index contributed by atoms with van der Waals surface area (Å²) in [7, 11) is -7.44. The highest BCUT2D eigenvalue weighted by Crippen LogP contribution is 2.40. The molecule has 2 aromatic heterocycles. The number of imidazole rings is 2. The van der Waals surface area contributed by atoms with Gasteiger partial charge in [-0.3, -0.25) is 0 Å². The Hall–Kier alpha value is -4.21. The Labute approximate surface area is 384 Å². The highest BCUT2D eigenvalue weighted by molar-refractivity contribution is 7.89. The number of halogens is 4. The summed E-state index contributed by atoms with van der Waals surface area (Å²) >= 11 is 0. The largest absolute Gasteiger partial charge is 0.338 e. The Bertz CT molecular complexity index is 2650. The van der Waals surface area contributed by atoms with Crippen LogP contribution in [0.4, 0.5) is 22.4 Å². The van der Waals surface area contributed by atoms with Crippen LogP contribution < -0.4 is 10.6 Å². The van der Waals surface area contributed by atoms with Crippen LogP contribution >= 0.6 is 0 Å². The van der Waals surface area contributed by atoms with Gasteiger partial charge in [-0.05, 0) is 80.8 Å². The molecule has 2 aliphatic carbocycles. The molecule has 0 radical (unpaired) electrons. The van der Waals surface area contributed by atoms with E-state index in [1.165, 1.54) is 8.61 Å². The summed E-state index contributed by atoms with van der Waals surface area (Å²) in [6.45, 7) is 16.3. The van der Waals surface area contributed by atoms with E-state index >= 15 is 0 Å². The normalized spacial score (nSPS) is 20.7. The van der Waals surface area contributed by atoms with E-state index in [1.807, 2.05) is 48.5 Å². The summed E-state index contributed by atoms with van der Waals surface area (Å²) < 4.78 is 113. The maximum Gasteiger partial charge on any atom is 0.315 e. The van der Waals surface area contributed by atoms with Crippen molar-refractivity contribution in [1.82, 2.24) is 38.3 Å². The number of fused-ring (bicyclic) bond motifs is 2. The predicted molar refractivity (Wildman–Crippen MR) is 244 cm³/mol. The van der Waals surface area contributed by atoms with E-state index < -0.39 is 37.9 Å². The van der Waals surface area contributed by atoms with Gasteiger partial charge in [0.25, 0.3) is 0 Å². The standard InChI is InChI=1S/C24H35F2N5O3S.C21H28F2N4O3S/c1-5-27-22(32)28-17-14-30(15-17)35(33,34)18-6-7-20-19(12-18)29-21(23(2,3)4)31(20)13-16-8-10-24(25,26)11-9-16;1-20(2,3)19-24-17-10-16(31(29,30)26-12-15(13-26)25-28)4-5-18(17)27(19)11-14-6-8-21(22,23)9-7-14/h6-7,12,16-17H,5,8-11,13-15H2,1-4H3,(H2,27,28,32);4-5,10,14-15H,6-9,11-13H2,1-3H3. The van der Waals surface area contributed by atoms with E-state index in [1.54, 1.807) is 36.4 Å². The lowest BCUT2D eigenvalue weighted by atomic mass is 9.86. The fraction of sp³-hybridized carbons (Fsp3) is 0.667. The van der Waals surface area contributed by atoms with Gasteiger partial charge in [-0.15, -0.1) is 0 Å². The van der Waals surface area contributed by atoms with Crippen LogP contribution in [0.3, 0.4) is 0 Å². The van der Waals surface area contributed by atoms with Gasteiger partial charge in [-0.2, -0.15) is 13.5 Å². The Morgan fingerprint density at radius 3 is 1.45 bits per heavy atom. The second-order valence-electron chi connectivity index (χ2n) is 20.6. The molecule has 15 nitrogen and oxygen atoms in total. The molecule has 364 valence electrons. The lowest BCUT2D eigenvalue weighted by Gasteiger charge is -2.38. The maximum absolute atomic E-state index is 13.7. The van der Waals surface area contributed by atoms with Crippen molar-refractivity contribution in [2.24, 2.45) is 17.0 Å². The van der Waals surface area contributed by atoms with Gasteiger partial charge in [-0.1, -0.05) is 46.7 Å². The number of hydrogen-bond donors (Lipinski definition) is 2. The number of rotatable bonds is 11. The van der Waals surface area contributed by atoms with Gasteiger partial charge in [0.05, 0.1) is 37.9 Å². The number of aromatic nitrogens is 4. The first kappa shape index (κ1) is 49.7. The average molecular weight is 966 g/mol. The summed E-state index contributed by atoms with van der Waals surface area (Å²) in [6, 6.07) is 8.79. The molecule has 4 aliphatic rings. The minimum absolute atomic E-state index is 0.0932. The SMILES string of the molecule is CC(C)(C)c1nc2cc(S(=O)(=O)N3CC(N=O)C3)ccc2n1CC1CCC(F)(F)CC1.CCNC(=O)NC1CN(S(=O)(=O)c2ccc3c(c2)nc(C(C)(C)C)n3CC2CCC(F)(F)CC2)C1. The Kier molecular flexibility index (Phi) is 13.8. The predicted octanol–water partition coefficient (Wildman–Crippen LogP) is 8.15. The molecular weight excluding hydrogens is 903 g/mol. The van der Waals surface area contributed by atoms with Crippen molar-refractivity contribution >= 4 is 48.1 Å². The van der Waals surface area contributed by atoms with Gasteiger partial charge < -0.3 is 19.8 Å². The molecule has 0 bridgehead atoms. The third kappa shape index (κ3) is 10.7. The van der Waals surface area contributed by atoms with E-state index in [0.717, 1.165) is 22.7 Å². The summed E-state index contributed by atoms with van der Waals surface area (Å²) in [5.74, 6) is -3.26. The maximum atomic E-state index is 13.7. The zero-order valence-corrected chi connectivity index (χ0v) is 40.4. The van der Waals surface area contributed by atoms with Crippen LogP contribution in [-0.2, 0) is 44.0 Å². The monoisotopic (exact) mass is 965 g/mol. The zero-order chi connectivity index (χ0) is 48.2. The Balaban J connectivity index is 0.000000198. The van der Waals surface area contributed by atoms with Crippen molar-refractivity contribution in [1.29, 1.82) is 0 Å². The van der Waals surface area contributed by atoms with Crippen LogP contribution in [0.15, 0.2) is 51.4 Å². The first-order valence-corrected chi connectivity index (χ1v) is 25.7. The number of carbonyl (C=O) groups excluding carboxylic acids is 1. The summed E-state index contributed by atoms with van der Waals surface area (Å²) in [5, 5.41) is 8.28. The molecule has 2 saturated heterocycles. The molecule has 2 aromatic carbocycles. The lowest BCUT2D eigenvalue weighted by Crippen LogP contribution is -2.62. The summed E-state index contributed by atoms with van der Waals surface area (Å²) in [6.07, 6.45) is 1.47. The number of nitrogens with zero attached hydrogens (tertiary/aromatic N) is 7. The molecule has 21 heteroatoms. The van der Waals surface area contributed by atoms with Crippen molar-refractivity contribution in [3.63, 3.8) is 0 Å². The number of nitrogens with one attached hydrogen (secondary N) is 2. The van der Waals surface area contributed by atoms with Gasteiger partial charge in [0.2, 0.25) is 31.9 Å². The van der Waals surface area contributed by atoms with Crippen molar-refractivity contribution in [2.75, 3.05) is 32.7 Å². The molecule has 2 saturated carbocycles. The van der Waals surface area contributed by atoms with Gasteiger partial charge >= 0.3 is 6.03 Å². The number of nitroso groups, excluding NO2 is 1. The number of amides is 2. The van der Waals surface area contributed by atoms with Crippen LogP contribution in [0.5, 0.6) is 0 Å². The quantitative estimate of drug-likeness (QED) is 0.112. The van der Waals surface area contributed by atoms with Crippen LogP contribution in [-0.4, -0.2) is 107 Å². The minimum atomic E-state index is -3.72. The number of alkyl halides is 4. The molecule has 2 amide bonds. The van der Waals surface area contributed by atoms with Crippen LogP contribution in [0, 0.1) is 16.7 Å². The van der Waals surface area contributed by atoms with Crippen molar-refractivity contribution in [2.45, 2.75) is 157 Å². The van der Waals surface area contributed by atoms with E-state index in [0.29, 0.717) is 56.4 Å². The summed E-state index contributed by atoms with van der Waals surface area (Å²) in [4.78, 5) is 32.1. The molecule has 8 rings (SSSR count). The fourth-order valence-electron chi connectivity index (χ4n) is 9.24. The van der Waals surface area contributed by atoms with Crippen molar-refractivity contribution < 1.29 is 39.2 Å². The molecule has 0 atom stereocenters. The molecular formula is C45H63F4N9O6S2. The van der Waals surface area contributed by atoms with E-state index in [-0.39, 0.29) is 96.4 Å². The minimum Gasteiger partial charge on any atom is -0.338 e. The van der Waals surface area contributed by atoms with Crippen molar-refractivity contribution in [3.05, 3.63) is 53.0 Å². The topological polar surface area (TPSA) is 181 Å². The second kappa shape index (κ2) is 18.4. The molecule has 0 spiro atoms. The van der Waals surface area contributed by atoms with Gasteiger partial charge in [0.15, 0.2) is 0 Å². The third-order valence-corrected chi connectivity index (χ3v) is 16.8. The molecule has 2 N–H and O–H groups in total. The number of carbonyl (C=O) groups is 1. The van der Waals surface area contributed by atoms with Gasteiger partial charge in [-0.25, -0.2) is 49.2 Å². The lowest BCUT2D eigenvalue weighted by molar-refractivity contribution is -0.0478. The van der Waals surface area contributed by atoms with E-state index in [2.05, 4.69) is 24.9 Å². The fourth-order valence-corrected chi connectivity index (χ4v) is 12.3. The van der Waals surface area contributed by atoms with E-state index in [4.69, 9.17) is 9.97 Å². The molecule has 66 heavy (non-hydrogen) atoms. The van der Waals surface area contributed by atoms with Crippen LogP contribution in [0.25, 0.3) is 22.1 Å². The van der Waals surface area contributed by atoms with Crippen LogP contribution in [0.1, 0.15) is 111 Å². The zero-order valence-electron chi connectivity index (χ0n) is 38.8. The van der Waals surface area contributed by atoms with Gasteiger partial charge in [0, 0.05) is 82.3 Å². The molecule has 4 heterocycles. The number of benzene rings is 2. The highest BCUT2D eigenvalue weighted by atomic mass is 32.2. The average Bonchev–Trinajstić information content (AvgIpc) is 3.75. The highest BCUT2D eigenvalue weighted by Gasteiger charge is 2.41. The molecule has 4 aromatic rings. The number of sulfonamides is 2. The smallest absolute Gasteiger partial charge is 0.315 e. The van der Waals surface area contributed by atoms with E-state index in [9.17, 15) is 44.1 Å². The van der Waals surface area contributed by atoms with Crippen molar-refractivity contribution in [3.8, 4) is 0 Å². The number of urea groups is 1. The first-order valence-electron chi connectivity index (χ1n) is 22.8. The molecule has 0 unspecified atom stereocenters.